The molecule has 1 aromatic rings. The third kappa shape index (κ3) is 6.27. The molecule has 1 atom stereocenters. The summed E-state index contributed by atoms with van der Waals surface area (Å²) in [5.74, 6) is -1.18. The summed E-state index contributed by atoms with van der Waals surface area (Å²) in [6.45, 7) is -0.673. The maximum atomic E-state index is 11.4. The van der Waals surface area contributed by atoms with Crippen LogP contribution in [0.25, 0.3) is 0 Å². The average molecular weight is 317 g/mol. The highest BCUT2D eigenvalue weighted by atomic mass is 35.5. The van der Waals surface area contributed by atoms with Crippen molar-refractivity contribution in [1.82, 2.24) is 5.32 Å². The standard InChI is InChI=1S/C13H16ClNO4S/c14-9-3-5-10(6-4-9)20-7-1-2-12(17)15-11(8-16)13(18)19/h3-6,11,16H,1-2,7-8H2,(H,15,17)(H,18,19)/p-1/t11-/m0/s1. The van der Waals surface area contributed by atoms with Crippen LogP contribution in [0.3, 0.4) is 0 Å². The minimum atomic E-state index is -1.49. The van der Waals surface area contributed by atoms with Crippen molar-refractivity contribution in [3.05, 3.63) is 29.3 Å². The molecule has 1 rings (SSSR count). The Balaban J connectivity index is 2.22. The second-order valence-electron chi connectivity index (χ2n) is 4.03. The number of amides is 1. The molecule has 0 saturated heterocycles. The van der Waals surface area contributed by atoms with Gasteiger partial charge >= 0.3 is 0 Å². The number of thioether (sulfide) groups is 1. The van der Waals surface area contributed by atoms with Gasteiger partial charge in [0.25, 0.3) is 0 Å². The molecule has 1 aromatic carbocycles. The lowest BCUT2D eigenvalue weighted by Gasteiger charge is -2.16. The van der Waals surface area contributed by atoms with E-state index in [4.69, 9.17) is 16.7 Å². The summed E-state index contributed by atoms with van der Waals surface area (Å²) in [5.41, 5.74) is 0. The molecule has 0 aliphatic carbocycles. The van der Waals surface area contributed by atoms with Gasteiger partial charge in [-0.05, 0) is 36.4 Å². The van der Waals surface area contributed by atoms with Crippen LogP contribution in [0.1, 0.15) is 12.8 Å². The first-order chi connectivity index (χ1) is 9.52. The van der Waals surface area contributed by atoms with Gasteiger partial charge in [-0.15, -0.1) is 11.8 Å². The molecule has 0 bridgehead atoms. The first kappa shape index (κ1) is 16.8. The third-order valence-corrected chi connectivity index (χ3v) is 3.78. The maximum absolute atomic E-state index is 11.4. The normalized spacial score (nSPS) is 11.9. The molecule has 2 N–H and O–H groups in total. The van der Waals surface area contributed by atoms with E-state index in [1.54, 1.807) is 23.9 Å². The molecule has 1 amide bonds. The number of benzene rings is 1. The number of aliphatic hydroxyl groups excluding tert-OH is 1. The minimum absolute atomic E-state index is 0.199. The number of nitrogens with one attached hydrogen (secondary N) is 1. The fraction of sp³-hybridized carbons (Fsp3) is 0.385. The van der Waals surface area contributed by atoms with Gasteiger partial charge in [0.15, 0.2) is 0 Å². The predicted molar refractivity (Wildman–Crippen MR) is 75.4 cm³/mol. The second-order valence-corrected chi connectivity index (χ2v) is 5.63. The van der Waals surface area contributed by atoms with Gasteiger partial charge in [-0.2, -0.15) is 0 Å². The Morgan fingerprint density at radius 1 is 1.35 bits per heavy atom. The highest BCUT2D eigenvalue weighted by molar-refractivity contribution is 7.99. The number of aliphatic carboxylic acids is 1. The zero-order valence-electron chi connectivity index (χ0n) is 10.7. The van der Waals surface area contributed by atoms with Crippen LogP contribution in [0.4, 0.5) is 0 Å². The van der Waals surface area contributed by atoms with E-state index in [1.165, 1.54) is 0 Å². The molecule has 0 aromatic heterocycles. The number of aliphatic hydroxyl groups is 1. The second kappa shape index (κ2) is 8.84. The summed E-state index contributed by atoms with van der Waals surface area (Å²) < 4.78 is 0. The van der Waals surface area contributed by atoms with Crippen LogP contribution >= 0.6 is 23.4 Å². The van der Waals surface area contributed by atoms with E-state index in [0.29, 0.717) is 11.4 Å². The largest absolute Gasteiger partial charge is 0.548 e. The zero-order chi connectivity index (χ0) is 15.0. The lowest BCUT2D eigenvalue weighted by molar-refractivity contribution is -0.309. The summed E-state index contributed by atoms with van der Waals surface area (Å²) in [6, 6.07) is 6.03. The Hall–Kier alpha value is -1.24. The number of carbonyl (C=O) groups excluding carboxylic acids is 2. The van der Waals surface area contributed by atoms with Crippen LogP contribution in [0.2, 0.25) is 5.02 Å². The predicted octanol–water partition coefficient (Wildman–Crippen LogP) is 0.439. The van der Waals surface area contributed by atoms with Crippen LogP contribution in [0.15, 0.2) is 29.2 Å². The molecule has 20 heavy (non-hydrogen) atoms. The summed E-state index contributed by atoms with van der Waals surface area (Å²) in [5, 5.41) is 22.1. The molecule has 110 valence electrons. The third-order valence-electron chi connectivity index (χ3n) is 2.43. The first-order valence-electron chi connectivity index (χ1n) is 6.02. The summed E-state index contributed by atoms with van der Waals surface area (Å²) in [4.78, 5) is 23.0. The van der Waals surface area contributed by atoms with Gasteiger partial charge in [-0.3, -0.25) is 4.79 Å². The maximum Gasteiger partial charge on any atom is 0.220 e. The van der Waals surface area contributed by atoms with Crippen molar-refractivity contribution >= 4 is 35.2 Å². The number of rotatable bonds is 8. The van der Waals surface area contributed by atoms with E-state index < -0.39 is 24.5 Å². The Morgan fingerprint density at radius 2 is 2.00 bits per heavy atom. The Bertz CT molecular complexity index is 452. The Morgan fingerprint density at radius 3 is 2.55 bits per heavy atom. The molecular formula is C13H15ClNO4S-. The monoisotopic (exact) mass is 316 g/mol. The van der Waals surface area contributed by atoms with Crippen LogP contribution in [-0.2, 0) is 9.59 Å². The molecule has 0 spiro atoms. The van der Waals surface area contributed by atoms with Crippen LogP contribution < -0.4 is 10.4 Å². The number of carboxylic acids is 1. The van der Waals surface area contributed by atoms with Gasteiger partial charge in [-0.25, -0.2) is 0 Å². The smallest absolute Gasteiger partial charge is 0.220 e. The molecule has 5 nitrogen and oxygen atoms in total. The lowest BCUT2D eigenvalue weighted by Crippen LogP contribution is -2.50. The number of carbonyl (C=O) groups is 2. The minimum Gasteiger partial charge on any atom is -0.548 e. The van der Waals surface area contributed by atoms with Gasteiger partial charge in [0.05, 0.1) is 18.6 Å². The van der Waals surface area contributed by atoms with E-state index in [-0.39, 0.29) is 6.42 Å². The van der Waals surface area contributed by atoms with E-state index >= 15 is 0 Å². The van der Waals surface area contributed by atoms with Crippen molar-refractivity contribution in [3.8, 4) is 0 Å². The van der Waals surface area contributed by atoms with Gasteiger partial charge in [0.2, 0.25) is 5.91 Å². The zero-order valence-corrected chi connectivity index (χ0v) is 12.2. The molecule has 0 saturated carbocycles. The van der Waals surface area contributed by atoms with Gasteiger partial charge in [0, 0.05) is 16.3 Å². The number of halogens is 1. The Kier molecular flexibility index (Phi) is 7.43. The van der Waals surface area contributed by atoms with E-state index in [0.717, 1.165) is 10.6 Å². The average Bonchev–Trinajstić information content (AvgIpc) is 2.42. The summed E-state index contributed by atoms with van der Waals surface area (Å²) >= 11 is 7.35. The van der Waals surface area contributed by atoms with Gasteiger partial charge < -0.3 is 20.3 Å². The highest BCUT2D eigenvalue weighted by Gasteiger charge is 2.11. The molecule has 0 unspecified atom stereocenters. The van der Waals surface area contributed by atoms with Crippen molar-refractivity contribution in [2.45, 2.75) is 23.8 Å². The van der Waals surface area contributed by atoms with Gasteiger partial charge in [-0.1, -0.05) is 11.6 Å². The van der Waals surface area contributed by atoms with E-state index in [1.807, 2.05) is 12.1 Å². The van der Waals surface area contributed by atoms with Crippen LogP contribution in [0.5, 0.6) is 0 Å². The fourth-order valence-electron chi connectivity index (χ4n) is 1.40. The molecule has 0 radical (unpaired) electrons. The molecule has 0 aliphatic heterocycles. The fourth-order valence-corrected chi connectivity index (χ4v) is 2.38. The van der Waals surface area contributed by atoms with Crippen molar-refractivity contribution in [1.29, 1.82) is 0 Å². The summed E-state index contributed by atoms with van der Waals surface area (Å²) in [6.07, 6.45) is 0.800. The molecule has 7 heteroatoms. The molecule has 0 fully saturated rings. The SMILES string of the molecule is O=C(CCCSc1ccc(Cl)cc1)N[C@@H](CO)C(=O)[O-]. The highest BCUT2D eigenvalue weighted by Crippen LogP contribution is 2.21. The van der Waals surface area contributed by atoms with Crippen molar-refractivity contribution in [2.24, 2.45) is 0 Å². The van der Waals surface area contributed by atoms with Crippen molar-refractivity contribution in [2.75, 3.05) is 12.4 Å². The quantitative estimate of drug-likeness (QED) is 0.536. The number of hydrogen-bond donors (Lipinski definition) is 2. The van der Waals surface area contributed by atoms with Gasteiger partial charge in [0.1, 0.15) is 0 Å². The van der Waals surface area contributed by atoms with Crippen LogP contribution in [0, 0.1) is 0 Å². The van der Waals surface area contributed by atoms with E-state index in [2.05, 4.69) is 5.32 Å². The van der Waals surface area contributed by atoms with Crippen molar-refractivity contribution in [3.63, 3.8) is 0 Å². The number of carboxylic acid groups (broad SMARTS) is 1. The Labute approximate surface area is 126 Å². The molecular weight excluding hydrogens is 302 g/mol. The lowest BCUT2D eigenvalue weighted by atomic mass is 10.2. The van der Waals surface area contributed by atoms with Crippen LogP contribution in [-0.4, -0.2) is 35.4 Å². The molecule has 0 aliphatic rings. The number of hydrogen-bond acceptors (Lipinski definition) is 5. The summed E-state index contributed by atoms with van der Waals surface area (Å²) in [7, 11) is 0. The molecule has 0 heterocycles. The first-order valence-corrected chi connectivity index (χ1v) is 7.38. The van der Waals surface area contributed by atoms with E-state index in [9.17, 15) is 14.7 Å². The topological polar surface area (TPSA) is 89.5 Å². The van der Waals surface area contributed by atoms with Crippen molar-refractivity contribution < 1.29 is 19.8 Å².